The van der Waals surface area contributed by atoms with Gasteiger partial charge < -0.3 is 10.2 Å². The van der Waals surface area contributed by atoms with Gasteiger partial charge in [0.1, 0.15) is 0 Å². The Hall–Kier alpha value is -0.510. The lowest BCUT2D eigenvalue weighted by atomic mass is 10.0. The van der Waals surface area contributed by atoms with Crippen molar-refractivity contribution in [1.29, 1.82) is 0 Å². The van der Waals surface area contributed by atoms with Crippen LogP contribution >= 0.6 is 11.8 Å². The molecule has 0 spiro atoms. The van der Waals surface area contributed by atoms with Crippen LogP contribution in [0.15, 0.2) is 29.2 Å². The first kappa shape index (κ1) is 13.9. The maximum absolute atomic E-state index is 3.33. The lowest BCUT2D eigenvalue weighted by molar-refractivity contribution is 0.218. The molecule has 1 aliphatic rings. The Bertz CT molecular complexity index is 357. The molecule has 2 nitrogen and oxygen atoms in total. The van der Waals surface area contributed by atoms with E-state index < -0.39 is 0 Å². The van der Waals surface area contributed by atoms with E-state index in [0.717, 1.165) is 12.5 Å². The molecule has 1 aromatic rings. The van der Waals surface area contributed by atoms with Crippen molar-refractivity contribution in [3.8, 4) is 0 Å². The number of hydrogen-bond acceptors (Lipinski definition) is 3. The molecule has 0 atom stereocenters. The predicted octanol–water partition coefficient (Wildman–Crippen LogP) is 2.84. The summed E-state index contributed by atoms with van der Waals surface area (Å²) in [4.78, 5) is 3.80. The van der Waals surface area contributed by atoms with Crippen LogP contribution in [0.3, 0.4) is 0 Å². The van der Waals surface area contributed by atoms with E-state index in [2.05, 4.69) is 55.4 Å². The molecule has 0 bridgehead atoms. The monoisotopic (exact) mass is 264 g/mol. The summed E-state index contributed by atoms with van der Waals surface area (Å²) in [6, 6.07) is 9.03. The highest BCUT2D eigenvalue weighted by atomic mass is 32.2. The van der Waals surface area contributed by atoms with Gasteiger partial charge in [0.2, 0.25) is 0 Å². The van der Waals surface area contributed by atoms with Crippen molar-refractivity contribution in [3.05, 3.63) is 29.8 Å². The fraction of sp³-hybridized carbons (Fsp3) is 0.600. The lowest BCUT2D eigenvalue weighted by Gasteiger charge is -2.31. The number of nitrogens with zero attached hydrogens (tertiary/aromatic N) is 1. The van der Waals surface area contributed by atoms with E-state index in [1.807, 2.05) is 11.8 Å². The highest BCUT2D eigenvalue weighted by Crippen LogP contribution is 2.23. The van der Waals surface area contributed by atoms with Crippen LogP contribution in [0, 0.1) is 5.92 Å². The molecule has 1 saturated heterocycles. The zero-order valence-corrected chi connectivity index (χ0v) is 12.5. The Morgan fingerprint density at radius 1 is 1.28 bits per heavy atom. The maximum Gasteiger partial charge on any atom is 0.0230 e. The second kappa shape index (κ2) is 6.60. The molecule has 3 heteroatoms. The van der Waals surface area contributed by atoms with Crippen LogP contribution in [0.4, 0.5) is 0 Å². The van der Waals surface area contributed by atoms with Crippen molar-refractivity contribution in [2.24, 2.45) is 5.92 Å². The van der Waals surface area contributed by atoms with Gasteiger partial charge >= 0.3 is 0 Å². The summed E-state index contributed by atoms with van der Waals surface area (Å²) in [7, 11) is 2.22. The van der Waals surface area contributed by atoms with Crippen molar-refractivity contribution in [2.75, 3.05) is 26.7 Å². The van der Waals surface area contributed by atoms with Crippen LogP contribution in [0.2, 0.25) is 0 Å². The van der Waals surface area contributed by atoms with Gasteiger partial charge in [-0.15, -0.1) is 11.8 Å². The Morgan fingerprint density at radius 2 is 1.94 bits per heavy atom. The first-order valence-electron chi connectivity index (χ1n) is 6.78. The summed E-state index contributed by atoms with van der Waals surface area (Å²) in [5.41, 5.74) is 1.41. The van der Waals surface area contributed by atoms with Gasteiger partial charge in [-0.1, -0.05) is 26.0 Å². The summed E-state index contributed by atoms with van der Waals surface area (Å²) >= 11 is 1.93. The van der Waals surface area contributed by atoms with Gasteiger partial charge in [0.25, 0.3) is 0 Å². The van der Waals surface area contributed by atoms with Crippen molar-refractivity contribution in [2.45, 2.75) is 30.5 Å². The number of thioether (sulfide) groups is 1. The van der Waals surface area contributed by atoms with Crippen molar-refractivity contribution < 1.29 is 0 Å². The molecular weight excluding hydrogens is 240 g/mol. The first-order valence-corrected chi connectivity index (χ1v) is 7.66. The minimum atomic E-state index is 0.657. The third-order valence-electron chi connectivity index (χ3n) is 3.18. The zero-order valence-electron chi connectivity index (χ0n) is 11.6. The van der Waals surface area contributed by atoms with Crippen LogP contribution < -0.4 is 5.32 Å². The summed E-state index contributed by atoms with van der Waals surface area (Å²) in [5.74, 6) is 0.853. The molecule has 1 heterocycles. The molecule has 1 fully saturated rings. The van der Waals surface area contributed by atoms with Crippen LogP contribution in [-0.4, -0.2) is 36.8 Å². The van der Waals surface area contributed by atoms with Crippen molar-refractivity contribution in [1.82, 2.24) is 10.2 Å². The topological polar surface area (TPSA) is 15.3 Å². The van der Waals surface area contributed by atoms with E-state index in [1.165, 1.54) is 30.1 Å². The normalized spacial score (nSPS) is 16.3. The van der Waals surface area contributed by atoms with E-state index in [9.17, 15) is 0 Å². The van der Waals surface area contributed by atoms with Gasteiger partial charge in [-0.2, -0.15) is 0 Å². The third-order valence-corrected chi connectivity index (χ3v) is 4.20. The SMILES string of the molecule is CC(C)Sc1ccc(CN(C)CC2CNC2)cc1. The van der Waals surface area contributed by atoms with E-state index in [1.54, 1.807) is 0 Å². The molecule has 100 valence electrons. The highest BCUT2D eigenvalue weighted by Gasteiger charge is 2.18. The molecule has 0 aliphatic carbocycles. The molecule has 1 N–H and O–H groups in total. The molecule has 0 amide bonds. The molecule has 1 aliphatic heterocycles. The van der Waals surface area contributed by atoms with Crippen LogP contribution in [0.25, 0.3) is 0 Å². The third kappa shape index (κ3) is 4.30. The van der Waals surface area contributed by atoms with Gasteiger partial charge in [0.15, 0.2) is 0 Å². The zero-order chi connectivity index (χ0) is 13.0. The van der Waals surface area contributed by atoms with E-state index in [-0.39, 0.29) is 0 Å². The molecule has 18 heavy (non-hydrogen) atoms. The highest BCUT2D eigenvalue weighted by molar-refractivity contribution is 7.99. The molecule has 0 unspecified atom stereocenters. The van der Waals surface area contributed by atoms with Gasteiger partial charge in [-0.05, 0) is 30.7 Å². The van der Waals surface area contributed by atoms with Crippen LogP contribution in [0.1, 0.15) is 19.4 Å². The molecule has 1 aromatic carbocycles. The molecular formula is C15H24N2S. The average Bonchev–Trinajstić information content (AvgIpc) is 2.26. The molecule has 2 rings (SSSR count). The summed E-state index contributed by atoms with van der Waals surface area (Å²) in [6.45, 7) is 9.11. The van der Waals surface area contributed by atoms with Crippen LogP contribution in [-0.2, 0) is 6.54 Å². The summed E-state index contributed by atoms with van der Waals surface area (Å²) < 4.78 is 0. The van der Waals surface area contributed by atoms with E-state index in [4.69, 9.17) is 0 Å². The summed E-state index contributed by atoms with van der Waals surface area (Å²) in [5, 5.41) is 3.98. The predicted molar refractivity (Wildman–Crippen MR) is 80.1 cm³/mol. The number of nitrogens with one attached hydrogen (secondary N) is 1. The van der Waals surface area contributed by atoms with Crippen molar-refractivity contribution in [3.63, 3.8) is 0 Å². The minimum absolute atomic E-state index is 0.657. The lowest BCUT2D eigenvalue weighted by Crippen LogP contribution is -2.47. The molecule has 0 saturated carbocycles. The van der Waals surface area contributed by atoms with Crippen LogP contribution in [0.5, 0.6) is 0 Å². The Balaban J connectivity index is 1.81. The van der Waals surface area contributed by atoms with E-state index >= 15 is 0 Å². The minimum Gasteiger partial charge on any atom is -0.316 e. The second-order valence-corrected chi connectivity index (χ2v) is 7.18. The fourth-order valence-corrected chi connectivity index (χ4v) is 3.08. The van der Waals surface area contributed by atoms with Gasteiger partial charge in [-0.3, -0.25) is 0 Å². The van der Waals surface area contributed by atoms with E-state index in [0.29, 0.717) is 5.25 Å². The number of rotatable bonds is 6. The second-order valence-electron chi connectivity index (χ2n) is 5.53. The van der Waals surface area contributed by atoms with Gasteiger partial charge in [-0.25, -0.2) is 0 Å². The summed E-state index contributed by atoms with van der Waals surface area (Å²) in [6.07, 6.45) is 0. The number of hydrogen-bond donors (Lipinski definition) is 1. The molecule has 0 radical (unpaired) electrons. The Labute approximate surface area is 115 Å². The quantitative estimate of drug-likeness (QED) is 0.795. The molecule has 0 aromatic heterocycles. The Morgan fingerprint density at radius 3 is 2.44 bits per heavy atom. The van der Waals surface area contributed by atoms with Gasteiger partial charge in [0.05, 0.1) is 0 Å². The Kier molecular flexibility index (Phi) is 5.10. The van der Waals surface area contributed by atoms with Gasteiger partial charge in [0, 0.05) is 36.3 Å². The van der Waals surface area contributed by atoms with Crippen molar-refractivity contribution >= 4 is 11.8 Å². The average molecular weight is 264 g/mol. The number of benzene rings is 1. The fourth-order valence-electron chi connectivity index (χ4n) is 2.24. The first-order chi connectivity index (χ1) is 8.63. The maximum atomic E-state index is 3.33. The standard InChI is InChI=1S/C15H24N2S/c1-12(2)18-15-6-4-13(5-7-15)10-17(3)11-14-8-16-9-14/h4-7,12,14,16H,8-11H2,1-3H3. The largest absolute Gasteiger partial charge is 0.316 e. The smallest absolute Gasteiger partial charge is 0.0230 e.